The SMILES string of the molecule is COCC(O)(Cc1ccc(F)cc1Br)C(C)C. The van der Waals surface area contributed by atoms with Gasteiger partial charge in [-0.05, 0) is 23.6 Å². The van der Waals surface area contributed by atoms with Gasteiger partial charge in [0, 0.05) is 18.0 Å². The zero-order valence-electron chi connectivity index (χ0n) is 10.3. The summed E-state index contributed by atoms with van der Waals surface area (Å²) in [5.74, 6) is -0.236. The zero-order valence-corrected chi connectivity index (χ0v) is 11.9. The maximum absolute atomic E-state index is 13.0. The lowest BCUT2D eigenvalue weighted by molar-refractivity contribution is -0.0638. The number of rotatable bonds is 5. The van der Waals surface area contributed by atoms with Crippen LogP contribution in [-0.4, -0.2) is 24.4 Å². The van der Waals surface area contributed by atoms with E-state index in [-0.39, 0.29) is 18.3 Å². The highest BCUT2D eigenvalue weighted by Gasteiger charge is 2.31. The summed E-state index contributed by atoms with van der Waals surface area (Å²) >= 11 is 3.31. The first-order valence-electron chi connectivity index (χ1n) is 5.54. The molecule has 1 aromatic rings. The maximum Gasteiger partial charge on any atom is 0.124 e. The summed E-state index contributed by atoms with van der Waals surface area (Å²) in [6, 6.07) is 4.49. The van der Waals surface area contributed by atoms with Gasteiger partial charge in [-0.3, -0.25) is 0 Å². The van der Waals surface area contributed by atoms with Gasteiger partial charge in [0.25, 0.3) is 0 Å². The van der Waals surface area contributed by atoms with Crippen LogP contribution in [0.15, 0.2) is 22.7 Å². The van der Waals surface area contributed by atoms with Gasteiger partial charge < -0.3 is 9.84 Å². The first kappa shape index (κ1) is 14.6. The third-order valence-corrected chi connectivity index (χ3v) is 3.72. The van der Waals surface area contributed by atoms with Crippen LogP contribution in [-0.2, 0) is 11.2 Å². The van der Waals surface area contributed by atoms with Crippen LogP contribution in [0.25, 0.3) is 0 Å². The molecule has 96 valence electrons. The second-order valence-electron chi connectivity index (χ2n) is 4.60. The Kier molecular flexibility index (Phi) is 5.10. The van der Waals surface area contributed by atoms with Crippen LogP contribution in [0.3, 0.4) is 0 Å². The summed E-state index contributed by atoms with van der Waals surface area (Å²) in [5.41, 5.74) is -0.0607. The van der Waals surface area contributed by atoms with Gasteiger partial charge in [-0.25, -0.2) is 4.39 Å². The Hall–Kier alpha value is -0.450. The van der Waals surface area contributed by atoms with E-state index < -0.39 is 5.60 Å². The first-order valence-corrected chi connectivity index (χ1v) is 6.33. The monoisotopic (exact) mass is 304 g/mol. The van der Waals surface area contributed by atoms with Gasteiger partial charge in [0.05, 0.1) is 12.2 Å². The minimum Gasteiger partial charge on any atom is -0.387 e. The Morgan fingerprint density at radius 1 is 1.47 bits per heavy atom. The Balaban J connectivity index is 2.93. The third-order valence-electron chi connectivity index (χ3n) is 2.98. The summed E-state index contributed by atoms with van der Waals surface area (Å²) < 4.78 is 18.7. The van der Waals surface area contributed by atoms with Crippen molar-refractivity contribution in [3.05, 3.63) is 34.1 Å². The predicted molar refractivity (Wildman–Crippen MR) is 69.5 cm³/mol. The summed E-state index contributed by atoms with van der Waals surface area (Å²) in [4.78, 5) is 0. The van der Waals surface area contributed by atoms with E-state index in [1.807, 2.05) is 13.8 Å². The van der Waals surface area contributed by atoms with Crippen LogP contribution in [0.1, 0.15) is 19.4 Å². The van der Waals surface area contributed by atoms with E-state index in [0.29, 0.717) is 10.9 Å². The minimum absolute atomic E-state index is 0.0550. The molecule has 0 radical (unpaired) electrons. The van der Waals surface area contributed by atoms with E-state index in [0.717, 1.165) is 5.56 Å². The van der Waals surface area contributed by atoms with Gasteiger partial charge in [-0.2, -0.15) is 0 Å². The Morgan fingerprint density at radius 2 is 2.12 bits per heavy atom. The molecule has 0 saturated heterocycles. The van der Waals surface area contributed by atoms with Crippen molar-refractivity contribution in [1.82, 2.24) is 0 Å². The number of methoxy groups -OCH3 is 1. The number of halogens is 2. The minimum atomic E-state index is -0.935. The van der Waals surface area contributed by atoms with Crippen molar-refractivity contribution >= 4 is 15.9 Å². The van der Waals surface area contributed by atoms with Crippen LogP contribution >= 0.6 is 15.9 Å². The van der Waals surface area contributed by atoms with Crippen molar-refractivity contribution in [2.24, 2.45) is 5.92 Å². The van der Waals surface area contributed by atoms with Crippen molar-refractivity contribution in [3.8, 4) is 0 Å². The molecule has 1 rings (SSSR count). The van der Waals surface area contributed by atoms with Gasteiger partial charge in [0.15, 0.2) is 0 Å². The molecule has 17 heavy (non-hydrogen) atoms. The largest absolute Gasteiger partial charge is 0.387 e. The molecule has 1 atom stereocenters. The van der Waals surface area contributed by atoms with Crippen molar-refractivity contribution in [3.63, 3.8) is 0 Å². The molecule has 2 nitrogen and oxygen atoms in total. The average molecular weight is 305 g/mol. The maximum atomic E-state index is 13.0. The number of hydrogen-bond acceptors (Lipinski definition) is 2. The van der Waals surface area contributed by atoms with E-state index >= 15 is 0 Å². The van der Waals surface area contributed by atoms with Gasteiger partial charge in [0.1, 0.15) is 5.82 Å². The van der Waals surface area contributed by atoms with E-state index in [4.69, 9.17) is 4.74 Å². The van der Waals surface area contributed by atoms with Crippen molar-refractivity contribution in [2.45, 2.75) is 25.9 Å². The molecule has 0 amide bonds. The second-order valence-corrected chi connectivity index (χ2v) is 5.46. The topological polar surface area (TPSA) is 29.5 Å². The molecule has 0 heterocycles. The number of benzene rings is 1. The number of hydrogen-bond donors (Lipinski definition) is 1. The Labute approximate surface area is 110 Å². The van der Waals surface area contributed by atoms with Gasteiger partial charge in [0.2, 0.25) is 0 Å². The fourth-order valence-electron chi connectivity index (χ4n) is 1.67. The predicted octanol–water partition coefficient (Wildman–Crippen LogP) is 3.16. The number of aliphatic hydroxyl groups is 1. The molecule has 0 bridgehead atoms. The third kappa shape index (κ3) is 3.76. The molecule has 1 N–H and O–H groups in total. The molecule has 0 fully saturated rings. The normalized spacial score (nSPS) is 15.0. The fraction of sp³-hybridized carbons (Fsp3) is 0.538. The summed E-state index contributed by atoms with van der Waals surface area (Å²) in [6.45, 7) is 4.14. The van der Waals surface area contributed by atoms with E-state index in [1.165, 1.54) is 12.1 Å². The lowest BCUT2D eigenvalue weighted by atomic mass is 9.85. The molecule has 0 spiro atoms. The standard InChI is InChI=1S/C13H18BrFO2/c1-9(2)13(16,8-17-3)7-10-4-5-11(15)6-12(10)14/h4-6,9,16H,7-8H2,1-3H3. The van der Waals surface area contributed by atoms with E-state index in [2.05, 4.69) is 15.9 Å². The van der Waals surface area contributed by atoms with Crippen LogP contribution in [0.2, 0.25) is 0 Å². The van der Waals surface area contributed by atoms with Gasteiger partial charge in [-0.1, -0.05) is 35.8 Å². The van der Waals surface area contributed by atoms with Crippen LogP contribution in [0.4, 0.5) is 4.39 Å². The van der Waals surface area contributed by atoms with Crippen molar-refractivity contribution < 1.29 is 14.2 Å². The van der Waals surface area contributed by atoms with Crippen LogP contribution in [0, 0.1) is 11.7 Å². The van der Waals surface area contributed by atoms with Crippen molar-refractivity contribution in [2.75, 3.05) is 13.7 Å². The molecule has 0 aliphatic carbocycles. The molecule has 0 aromatic heterocycles. The van der Waals surface area contributed by atoms with E-state index in [1.54, 1.807) is 13.2 Å². The highest BCUT2D eigenvalue weighted by atomic mass is 79.9. The Bertz CT molecular complexity index is 382. The molecule has 0 aliphatic heterocycles. The smallest absolute Gasteiger partial charge is 0.124 e. The molecule has 0 saturated carbocycles. The lowest BCUT2D eigenvalue weighted by Crippen LogP contribution is -2.42. The second kappa shape index (κ2) is 5.94. The van der Waals surface area contributed by atoms with Gasteiger partial charge >= 0.3 is 0 Å². The van der Waals surface area contributed by atoms with Crippen LogP contribution in [0.5, 0.6) is 0 Å². The fourth-order valence-corrected chi connectivity index (χ4v) is 2.16. The molecule has 1 unspecified atom stereocenters. The number of ether oxygens (including phenoxy) is 1. The zero-order chi connectivity index (χ0) is 13.1. The summed E-state index contributed by atoms with van der Waals surface area (Å²) in [7, 11) is 1.56. The van der Waals surface area contributed by atoms with Gasteiger partial charge in [-0.15, -0.1) is 0 Å². The first-order chi connectivity index (χ1) is 7.89. The molecule has 1 aromatic carbocycles. The average Bonchev–Trinajstić information content (AvgIpc) is 2.22. The summed E-state index contributed by atoms with van der Waals surface area (Å²) in [5, 5.41) is 10.5. The molecular formula is C13H18BrFO2. The molecule has 4 heteroatoms. The lowest BCUT2D eigenvalue weighted by Gasteiger charge is -2.32. The highest BCUT2D eigenvalue weighted by molar-refractivity contribution is 9.10. The highest BCUT2D eigenvalue weighted by Crippen LogP contribution is 2.27. The summed E-state index contributed by atoms with van der Waals surface area (Å²) in [6.07, 6.45) is 0.430. The molecular weight excluding hydrogens is 287 g/mol. The van der Waals surface area contributed by atoms with Crippen molar-refractivity contribution in [1.29, 1.82) is 0 Å². The quantitative estimate of drug-likeness (QED) is 0.905. The van der Waals surface area contributed by atoms with Crippen LogP contribution < -0.4 is 0 Å². The Morgan fingerprint density at radius 3 is 2.59 bits per heavy atom. The van der Waals surface area contributed by atoms with E-state index in [9.17, 15) is 9.50 Å². The molecule has 0 aliphatic rings.